The molecule has 0 saturated carbocycles. The van der Waals surface area contributed by atoms with E-state index in [2.05, 4.69) is 28.1 Å². The maximum atomic E-state index is 12.9. The van der Waals surface area contributed by atoms with Crippen molar-refractivity contribution >= 4 is 58.8 Å². The number of nitrogen functional groups attached to an aromatic ring is 1. The first-order chi connectivity index (χ1) is 14.7. The fourth-order valence-corrected chi connectivity index (χ4v) is 4.82. The number of nitrogens with two attached hydrogens (primary N) is 1. The predicted molar refractivity (Wildman–Crippen MR) is 115 cm³/mol. The number of hydrogen-bond donors (Lipinski definition) is 4. The maximum absolute atomic E-state index is 12.9. The quantitative estimate of drug-likeness (QED) is 0.179. The highest BCUT2D eigenvalue weighted by atomic mass is 32.2. The van der Waals surface area contributed by atoms with Gasteiger partial charge in [-0.05, 0) is 24.1 Å². The lowest BCUT2D eigenvalue weighted by molar-refractivity contribution is -0.146. The Hall–Kier alpha value is -3.06. The Morgan fingerprint density at radius 1 is 1.45 bits per heavy atom. The number of thiol groups is 1. The zero-order valence-corrected chi connectivity index (χ0v) is 18.0. The van der Waals surface area contributed by atoms with Crippen LogP contribution in [0.15, 0.2) is 34.6 Å². The van der Waals surface area contributed by atoms with E-state index in [0.29, 0.717) is 12.2 Å². The number of nitrogens with zero attached hydrogens (tertiary/aromatic N) is 3. The normalized spacial score (nSPS) is 20.6. The van der Waals surface area contributed by atoms with Crippen LogP contribution < -0.4 is 11.1 Å². The van der Waals surface area contributed by atoms with Crippen LogP contribution >= 0.6 is 24.4 Å². The molecule has 164 valence electrons. The predicted octanol–water partition coefficient (Wildman–Crippen LogP) is -0.0105. The van der Waals surface area contributed by atoms with Gasteiger partial charge in [-0.1, -0.05) is 30.8 Å². The summed E-state index contributed by atoms with van der Waals surface area (Å²) in [5.41, 5.74) is 6.42. The van der Waals surface area contributed by atoms with Gasteiger partial charge in [-0.3, -0.25) is 19.3 Å². The van der Waals surface area contributed by atoms with Gasteiger partial charge >= 0.3 is 5.97 Å². The van der Waals surface area contributed by atoms with Gasteiger partial charge in [-0.25, -0.2) is 9.78 Å². The number of carboxylic acids is 1. The molecule has 1 aromatic heterocycles. The van der Waals surface area contributed by atoms with Crippen LogP contribution in [-0.4, -0.2) is 67.4 Å². The summed E-state index contributed by atoms with van der Waals surface area (Å²) in [6.45, 7) is 1.11. The summed E-state index contributed by atoms with van der Waals surface area (Å²) in [6.07, 6.45) is 0.598. The third kappa shape index (κ3) is 4.66. The average Bonchev–Trinajstić information content (AvgIpc) is 2.73. The molecule has 4 N–H and O–H groups in total. The maximum Gasteiger partial charge on any atom is 0.344 e. The number of thioether (sulfide) groups is 1. The minimum Gasteiger partial charge on any atom is -0.479 e. The third-order valence-corrected chi connectivity index (χ3v) is 6.09. The summed E-state index contributed by atoms with van der Waals surface area (Å²) in [7, 11) is 0. The number of fused-ring (bicyclic) bond motifs is 1. The molecule has 1 unspecified atom stereocenters. The second-order valence-electron chi connectivity index (χ2n) is 6.53. The van der Waals surface area contributed by atoms with E-state index in [9.17, 15) is 19.2 Å². The Morgan fingerprint density at radius 3 is 2.81 bits per heavy atom. The van der Waals surface area contributed by atoms with Gasteiger partial charge < -0.3 is 21.0 Å². The van der Waals surface area contributed by atoms with Gasteiger partial charge in [0.2, 0.25) is 11.7 Å². The van der Waals surface area contributed by atoms with E-state index >= 15 is 0 Å². The van der Waals surface area contributed by atoms with Crippen LogP contribution in [0.1, 0.15) is 19.0 Å². The van der Waals surface area contributed by atoms with Crippen molar-refractivity contribution in [2.45, 2.75) is 24.8 Å². The number of nitrogens with one attached hydrogen (secondary N) is 1. The lowest BCUT2D eigenvalue weighted by Crippen LogP contribution is -2.70. The highest BCUT2D eigenvalue weighted by Gasteiger charge is 2.53. The molecular weight excluding hydrogens is 446 g/mol. The largest absolute Gasteiger partial charge is 0.479 e. The fraction of sp³-hybridized carbons (Fsp3) is 0.333. The van der Waals surface area contributed by atoms with Gasteiger partial charge in [-0.15, -0.1) is 11.8 Å². The first-order valence-electron chi connectivity index (χ1n) is 9.10. The third-order valence-electron chi connectivity index (χ3n) is 4.54. The lowest BCUT2D eigenvalue weighted by atomic mass is 10.0. The molecule has 0 bridgehead atoms. The Kier molecular flexibility index (Phi) is 6.85. The molecule has 0 aliphatic carbocycles. The van der Waals surface area contributed by atoms with Gasteiger partial charge in [0.05, 0.1) is 5.70 Å². The van der Waals surface area contributed by atoms with Crippen LogP contribution in [0.3, 0.4) is 0 Å². The van der Waals surface area contributed by atoms with Gasteiger partial charge in [0.25, 0.3) is 11.8 Å². The second-order valence-corrected chi connectivity index (χ2v) is 8.04. The van der Waals surface area contributed by atoms with Crippen LogP contribution in [0.4, 0.5) is 5.82 Å². The zero-order chi connectivity index (χ0) is 22.7. The summed E-state index contributed by atoms with van der Waals surface area (Å²) in [5, 5.41) is 13.9. The molecule has 0 spiro atoms. The van der Waals surface area contributed by atoms with E-state index in [4.69, 9.17) is 15.7 Å². The summed E-state index contributed by atoms with van der Waals surface area (Å²) < 4.78 is 0. The van der Waals surface area contributed by atoms with Crippen molar-refractivity contribution in [1.82, 2.24) is 15.2 Å². The first-order valence-corrected chi connectivity index (χ1v) is 10.6. The van der Waals surface area contributed by atoms with Crippen molar-refractivity contribution in [3.8, 4) is 0 Å². The van der Waals surface area contributed by atoms with Crippen LogP contribution in [0.2, 0.25) is 0 Å². The summed E-state index contributed by atoms with van der Waals surface area (Å²) >= 11 is 5.30. The number of amides is 2. The number of carboxylic acid groups (broad SMARTS) is 1. The van der Waals surface area contributed by atoms with Crippen molar-refractivity contribution < 1.29 is 29.1 Å². The van der Waals surface area contributed by atoms with Crippen molar-refractivity contribution in [3.63, 3.8) is 0 Å². The Bertz CT molecular complexity index is 1010. The zero-order valence-electron chi connectivity index (χ0n) is 16.3. The van der Waals surface area contributed by atoms with Gasteiger partial charge in [0.1, 0.15) is 22.9 Å². The number of rotatable bonds is 8. The highest BCUT2D eigenvalue weighted by molar-refractivity contribution is 8.00. The minimum absolute atomic E-state index is 0.0437. The molecule has 0 aromatic carbocycles. The van der Waals surface area contributed by atoms with E-state index in [1.807, 2.05) is 6.92 Å². The Labute approximate surface area is 186 Å². The van der Waals surface area contributed by atoms with Gasteiger partial charge in [-0.2, -0.15) is 0 Å². The number of aliphatic carboxylic acids is 1. The van der Waals surface area contributed by atoms with E-state index in [0.717, 1.165) is 5.57 Å². The molecule has 2 amide bonds. The summed E-state index contributed by atoms with van der Waals surface area (Å²) in [5.74, 6) is -1.90. The van der Waals surface area contributed by atoms with Crippen LogP contribution in [0.25, 0.3) is 0 Å². The molecule has 3 heterocycles. The molecule has 0 radical (unpaired) electrons. The van der Waals surface area contributed by atoms with Crippen molar-refractivity contribution in [2.75, 3.05) is 18.1 Å². The number of aromatic nitrogens is 1. The molecule has 2 aliphatic heterocycles. The minimum atomic E-state index is -1.28. The topological polar surface area (TPSA) is 164 Å². The monoisotopic (exact) mass is 465 g/mol. The number of oxime groups is 1. The molecule has 11 nitrogen and oxygen atoms in total. The number of hydrogen-bond acceptors (Lipinski definition) is 9. The lowest BCUT2D eigenvalue weighted by Gasteiger charge is -2.49. The average molecular weight is 466 g/mol. The standard InChI is InChI=1S/C18H19N5O6S2/c1-2-8-7-31-17-13(16(27)23(17)14(8)18(28)30)21-15(26)12(22-29-6-11(24)25)9-4-3-5-10(19)20-9/h3-5,13,17H,2,6-7H2,1H3,(H2,19,20)(H,21,26)(H,24,25)(H,28,30)/t13?,17-/m1/s1. The number of carbonyl (C=O) groups is 4. The molecule has 2 atom stereocenters. The van der Waals surface area contributed by atoms with Gasteiger partial charge in [0, 0.05) is 5.75 Å². The molecule has 3 rings (SSSR count). The molecular formula is C18H19N5O6S2. The van der Waals surface area contributed by atoms with Crippen molar-refractivity contribution in [1.29, 1.82) is 0 Å². The molecule has 13 heteroatoms. The number of carbonyl (C=O) groups excluding carboxylic acids is 3. The van der Waals surface area contributed by atoms with E-state index in [-0.39, 0.29) is 22.9 Å². The Balaban J connectivity index is 1.81. The second kappa shape index (κ2) is 9.39. The smallest absolute Gasteiger partial charge is 0.344 e. The van der Waals surface area contributed by atoms with E-state index < -0.39 is 40.9 Å². The number of anilines is 1. The van der Waals surface area contributed by atoms with Crippen molar-refractivity contribution in [2.24, 2.45) is 5.16 Å². The molecule has 1 fully saturated rings. The van der Waals surface area contributed by atoms with Crippen molar-refractivity contribution in [3.05, 3.63) is 35.2 Å². The number of β-lactam (4-membered cyclic amide) rings is 1. The molecule has 2 aliphatic rings. The summed E-state index contributed by atoms with van der Waals surface area (Å²) in [4.78, 5) is 58.3. The Morgan fingerprint density at radius 2 is 2.19 bits per heavy atom. The molecule has 1 aromatic rings. The molecule has 31 heavy (non-hydrogen) atoms. The molecule has 1 saturated heterocycles. The van der Waals surface area contributed by atoms with E-state index in [1.165, 1.54) is 34.9 Å². The summed E-state index contributed by atoms with van der Waals surface area (Å²) in [6, 6.07) is 3.56. The SMILES string of the molecule is CCC1=C(C(=O)S)N2C(=O)C(NC(=O)C(=NOCC(=O)O)c3cccc(N)n3)[C@H]2SC1. The highest BCUT2D eigenvalue weighted by Crippen LogP contribution is 2.41. The fourth-order valence-electron chi connectivity index (χ4n) is 3.10. The van der Waals surface area contributed by atoms with E-state index in [1.54, 1.807) is 0 Å². The van der Waals surface area contributed by atoms with Gasteiger partial charge in [0.15, 0.2) is 5.71 Å². The van der Waals surface area contributed by atoms with Crippen LogP contribution in [0.5, 0.6) is 0 Å². The van der Waals surface area contributed by atoms with Crippen LogP contribution in [-0.2, 0) is 24.0 Å². The van der Waals surface area contributed by atoms with Crippen LogP contribution in [0, 0.1) is 0 Å². The number of pyridine rings is 1. The first kappa shape index (κ1) is 22.6.